The molecule has 1 atom stereocenters. The monoisotopic (exact) mass is 181 g/mol. The van der Waals surface area contributed by atoms with E-state index in [4.69, 9.17) is 0 Å². The lowest BCUT2D eigenvalue weighted by Gasteiger charge is -2.19. The topological polar surface area (TPSA) is 50.1 Å². The number of β-amino-alcohol motifs (C(OH)–C–C–N with tert-alkyl or cyclic N) is 1. The molecule has 0 aliphatic carbocycles. The zero-order chi connectivity index (χ0) is 9.31. The molecule has 1 aromatic heterocycles. The average Bonchev–Trinajstić information content (AvgIpc) is 2.62. The van der Waals surface area contributed by atoms with Gasteiger partial charge in [-0.05, 0) is 19.0 Å². The molecule has 2 heterocycles. The van der Waals surface area contributed by atoms with Gasteiger partial charge >= 0.3 is 0 Å². The molecular weight excluding hydrogens is 166 g/mol. The van der Waals surface area contributed by atoms with Gasteiger partial charge in [-0.2, -0.15) is 5.10 Å². The summed E-state index contributed by atoms with van der Waals surface area (Å²) < 4.78 is 1.76. The molecular formula is C9H15N3O. The molecule has 1 saturated heterocycles. The molecule has 1 aliphatic rings. The number of nitrogens with one attached hydrogen (secondary N) is 1. The van der Waals surface area contributed by atoms with Crippen molar-refractivity contribution in [1.82, 2.24) is 15.1 Å². The maximum absolute atomic E-state index is 10.0. The van der Waals surface area contributed by atoms with Crippen LogP contribution in [0.15, 0.2) is 12.3 Å². The summed E-state index contributed by atoms with van der Waals surface area (Å²) in [7, 11) is 1.89. The summed E-state index contributed by atoms with van der Waals surface area (Å²) in [6, 6.07) is 1.95. The minimum absolute atomic E-state index is 0.575. The molecule has 0 bridgehead atoms. The van der Waals surface area contributed by atoms with Crippen molar-refractivity contribution in [3.8, 4) is 0 Å². The Bertz CT molecular complexity index is 289. The normalized spacial score (nSPS) is 28.2. The molecule has 72 valence electrons. The number of hydrogen-bond donors (Lipinski definition) is 2. The van der Waals surface area contributed by atoms with Crippen LogP contribution in [0.3, 0.4) is 0 Å². The van der Waals surface area contributed by atoms with Crippen LogP contribution in [0.2, 0.25) is 0 Å². The number of aromatic nitrogens is 2. The van der Waals surface area contributed by atoms with Crippen molar-refractivity contribution in [1.29, 1.82) is 0 Å². The molecule has 4 heteroatoms. The van der Waals surface area contributed by atoms with E-state index in [0.29, 0.717) is 13.0 Å². The van der Waals surface area contributed by atoms with Gasteiger partial charge in [0.15, 0.2) is 0 Å². The van der Waals surface area contributed by atoms with E-state index in [0.717, 1.165) is 18.7 Å². The van der Waals surface area contributed by atoms with Gasteiger partial charge in [0.1, 0.15) is 0 Å². The first kappa shape index (κ1) is 8.72. The quantitative estimate of drug-likeness (QED) is 0.658. The largest absolute Gasteiger partial charge is 0.388 e. The number of aryl methyl sites for hydroxylation is 1. The second-order valence-electron chi connectivity index (χ2n) is 3.81. The van der Waals surface area contributed by atoms with Gasteiger partial charge in [-0.25, -0.2) is 0 Å². The summed E-state index contributed by atoms with van der Waals surface area (Å²) >= 11 is 0. The van der Waals surface area contributed by atoms with E-state index in [-0.39, 0.29) is 0 Å². The van der Waals surface area contributed by atoms with E-state index in [1.807, 2.05) is 19.3 Å². The Morgan fingerprint density at radius 1 is 1.77 bits per heavy atom. The average molecular weight is 181 g/mol. The van der Waals surface area contributed by atoms with E-state index in [1.165, 1.54) is 0 Å². The van der Waals surface area contributed by atoms with Gasteiger partial charge in [0.05, 0.1) is 11.3 Å². The standard InChI is InChI=1S/C9H15N3O/c1-12-5-2-8(11-12)6-9(13)3-4-10-7-9/h2,5,10,13H,3-4,6-7H2,1H3. The molecule has 1 fully saturated rings. The Labute approximate surface area is 77.6 Å². The second-order valence-corrected chi connectivity index (χ2v) is 3.81. The van der Waals surface area contributed by atoms with Gasteiger partial charge in [0.25, 0.3) is 0 Å². The molecule has 0 spiro atoms. The zero-order valence-corrected chi connectivity index (χ0v) is 7.82. The number of rotatable bonds is 2. The van der Waals surface area contributed by atoms with Crippen LogP contribution in [-0.4, -0.2) is 33.6 Å². The first-order valence-corrected chi connectivity index (χ1v) is 4.60. The summed E-state index contributed by atoms with van der Waals surface area (Å²) in [6.45, 7) is 1.59. The smallest absolute Gasteiger partial charge is 0.0839 e. The Morgan fingerprint density at radius 3 is 3.15 bits per heavy atom. The van der Waals surface area contributed by atoms with Crippen molar-refractivity contribution >= 4 is 0 Å². The van der Waals surface area contributed by atoms with Gasteiger partial charge in [-0.15, -0.1) is 0 Å². The Kier molecular flexibility index (Phi) is 2.09. The lowest BCUT2D eigenvalue weighted by atomic mass is 9.97. The number of nitrogens with zero attached hydrogens (tertiary/aromatic N) is 2. The van der Waals surface area contributed by atoms with Crippen molar-refractivity contribution < 1.29 is 5.11 Å². The van der Waals surface area contributed by atoms with Crippen molar-refractivity contribution in [2.45, 2.75) is 18.4 Å². The van der Waals surface area contributed by atoms with Crippen LogP contribution in [0, 0.1) is 0 Å². The van der Waals surface area contributed by atoms with Crippen LogP contribution in [0.25, 0.3) is 0 Å². The second kappa shape index (κ2) is 3.12. The van der Waals surface area contributed by atoms with Crippen molar-refractivity contribution in [3.63, 3.8) is 0 Å². The van der Waals surface area contributed by atoms with Gasteiger partial charge in [-0.3, -0.25) is 4.68 Å². The third-order valence-corrected chi connectivity index (χ3v) is 2.50. The van der Waals surface area contributed by atoms with Crippen LogP contribution >= 0.6 is 0 Å². The molecule has 1 aromatic rings. The molecule has 2 N–H and O–H groups in total. The van der Waals surface area contributed by atoms with Crippen LogP contribution in [-0.2, 0) is 13.5 Å². The van der Waals surface area contributed by atoms with Crippen LogP contribution < -0.4 is 5.32 Å². The van der Waals surface area contributed by atoms with E-state index in [9.17, 15) is 5.11 Å². The lowest BCUT2D eigenvalue weighted by Crippen LogP contribution is -2.33. The fraction of sp³-hybridized carbons (Fsp3) is 0.667. The highest BCUT2D eigenvalue weighted by atomic mass is 16.3. The third-order valence-electron chi connectivity index (χ3n) is 2.50. The van der Waals surface area contributed by atoms with Gasteiger partial charge < -0.3 is 10.4 Å². The molecule has 1 aliphatic heterocycles. The molecule has 0 saturated carbocycles. The molecule has 2 rings (SSSR count). The SMILES string of the molecule is Cn1ccc(CC2(O)CCNC2)n1. The van der Waals surface area contributed by atoms with E-state index in [1.54, 1.807) is 4.68 Å². The predicted molar refractivity (Wildman–Crippen MR) is 49.3 cm³/mol. The fourth-order valence-electron chi connectivity index (χ4n) is 1.78. The molecule has 1 unspecified atom stereocenters. The molecule has 0 amide bonds. The van der Waals surface area contributed by atoms with Crippen molar-refractivity contribution in [3.05, 3.63) is 18.0 Å². The van der Waals surface area contributed by atoms with Crippen LogP contribution in [0.5, 0.6) is 0 Å². The minimum Gasteiger partial charge on any atom is -0.388 e. The van der Waals surface area contributed by atoms with Gasteiger partial charge in [0.2, 0.25) is 0 Å². The molecule has 13 heavy (non-hydrogen) atoms. The number of aliphatic hydroxyl groups is 1. The Balaban J connectivity index is 2.04. The van der Waals surface area contributed by atoms with E-state index >= 15 is 0 Å². The fourth-order valence-corrected chi connectivity index (χ4v) is 1.78. The summed E-state index contributed by atoms with van der Waals surface area (Å²) in [4.78, 5) is 0. The highest BCUT2D eigenvalue weighted by Crippen LogP contribution is 2.18. The van der Waals surface area contributed by atoms with Crippen molar-refractivity contribution in [2.75, 3.05) is 13.1 Å². The summed E-state index contributed by atoms with van der Waals surface area (Å²) in [5.74, 6) is 0. The lowest BCUT2D eigenvalue weighted by molar-refractivity contribution is 0.0608. The molecule has 0 aromatic carbocycles. The van der Waals surface area contributed by atoms with Crippen molar-refractivity contribution in [2.24, 2.45) is 7.05 Å². The summed E-state index contributed by atoms with van der Waals surface area (Å²) in [5, 5.41) is 17.4. The van der Waals surface area contributed by atoms with Gasteiger partial charge in [0, 0.05) is 26.2 Å². The maximum Gasteiger partial charge on any atom is 0.0839 e. The summed E-state index contributed by atoms with van der Waals surface area (Å²) in [5.41, 5.74) is 0.391. The van der Waals surface area contributed by atoms with Crippen LogP contribution in [0.4, 0.5) is 0 Å². The van der Waals surface area contributed by atoms with E-state index < -0.39 is 5.60 Å². The van der Waals surface area contributed by atoms with Gasteiger partial charge in [-0.1, -0.05) is 0 Å². The Hall–Kier alpha value is -0.870. The minimum atomic E-state index is -0.575. The predicted octanol–water partition coefficient (Wildman–Crippen LogP) is -0.313. The highest BCUT2D eigenvalue weighted by molar-refractivity contribution is 5.05. The number of hydrogen-bond acceptors (Lipinski definition) is 3. The molecule has 4 nitrogen and oxygen atoms in total. The van der Waals surface area contributed by atoms with Crippen LogP contribution in [0.1, 0.15) is 12.1 Å². The highest BCUT2D eigenvalue weighted by Gasteiger charge is 2.31. The maximum atomic E-state index is 10.0. The Morgan fingerprint density at radius 2 is 2.62 bits per heavy atom. The third kappa shape index (κ3) is 1.89. The van der Waals surface area contributed by atoms with E-state index in [2.05, 4.69) is 10.4 Å². The molecule has 0 radical (unpaired) electrons. The first-order valence-electron chi connectivity index (χ1n) is 4.60. The zero-order valence-electron chi connectivity index (χ0n) is 7.82. The summed E-state index contributed by atoms with van der Waals surface area (Å²) in [6.07, 6.45) is 3.38. The first-order chi connectivity index (χ1) is 6.18.